The molecule has 27 heavy (non-hydrogen) atoms. The summed E-state index contributed by atoms with van der Waals surface area (Å²) in [5, 5.41) is 0. The first-order valence-electron chi connectivity index (χ1n) is 10.0. The summed E-state index contributed by atoms with van der Waals surface area (Å²) >= 11 is 0. The first kappa shape index (κ1) is 20.1. The zero-order valence-corrected chi connectivity index (χ0v) is 16.2. The van der Waals surface area contributed by atoms with E-state index in [4.69, 9.17) is 10.5 Å². The van der Waals surface area contributed by atoms with Crippen molar-refractivity contribution >= 4 is 5.91 Å². The Balaban J connectivity index is 1.74. The van der Waals surface area contributed by atoms with Crippen LogP contribution in [-0.2, 0) is 10.7 Å². The normalized spacial score (nSPS) is 26.1. The Morgan fingerprint density at radius 3 is 2.63 bits per heavy atom. The summed E-state index contributed by atoms with van der Waals surface area (Å²) in [5.74, 6) is -3.16. The second-order valence-corrected chi connectivity index (χ2v) is 8.04. The number of hydrogen-bond donors (Lipinski definition) is 1. The Morgan fingerprint density at radius 2 is 2.00 bits per heavy atom. The molecule has 1 amide bonds. The van der Waals surface area contributed by atoms with Crippen molar-refractivity contribution < 1.29 is 18.3 Å². The zero-order valence-electron chi connectivity index (χ0n) is 16.2. The van der Waals surface area contributed by atoms with E-state index in [0.717, 1.165) is 38.5 Å². The highest BCUT2D eigenvalue weighted by Crippen LogP contribution is 2.41. The third-order valence-corrected chi connectivity index (χ3v) is 5.87. The van der Waals surface area contributed by atoms with E-state index >= 15 is 8.78 Å². The van der Waals surface area contributed by atoms with E-state index in [1.165, 1.54) is 18.2 Å². The van der Waals surface area contributed by atoms with Gasteiger partial charge in [-0.1, -0.05) is 32.4 Å². The van der Waals surface area contributed by atoms with Gasteiger partial charge in [0.2, 0.25) is 5.91 Å². The number of ether oxygens (including phenoxy) is 1. The van der Waals surface area contributed by atoms with Gasteiger partial charge in [0.1, 0.15) is 5.75 Å². The number of alkyl halides is 2. The number of amides is 1. The molecule has 2 N–H and O–H groups in total. The third-order valence-electron chi connectivity index (χ3n) is 5.87. The lowest BCUT2D eigenvalue weighted by Crippen LogP contribution is -2.57. The Hall–Kier alpha value is -1.69. The highest BCUT2D eigenvalue weighted by atomic mass is 19.3. The van der Waals surface area contributed by atoms with Crippen LogP contribution in [-0.4, -0.2) is 35.5 Å². The second kappa shape index (κ2) is 8.13. The standard InChI is InChI=1S/C21H30F2N2O2/c1-3-4-10-27-18-7-5-6-15(13-18)21(22,23)19(24)20(26)25-16-8-9-17(25)12-14(2)11-16/h5-7,13-14,16-17,19H,3-4,8-12,24H2,1-2H3. The van der Waals surface area contributed by atoms with Crippen molar-refractivity contribution in [1.82, 2.24) is 4.90 Å². The summed E-state index contributed by atoms with van der Waals surface area (Å²) in [7, 11) is 0. The predicted octanol–water partition coefficient (Wildman–Crippen LogP) is 4.07. The molecule has 3 rings (SSSR count). The van der Waals surface area contributed by atoms with E-state index in [1.807, 2.05) is 6.92 Å². The van der Waals surface area contributed by atoms with Gasteiger partial charge in [-0.15, -0.1) is 0 Å². The number of hydrogen-bond acceptors (Lipinski definition) is 3. The summed E-state index contributed by atoms with van der Waals surface area (Å²) in [4.78, 5) is 14.5. The minimum Gasteiger partial charge on any atom is -0.494 e. The Morgan fingerprint density at radius 1 is 1.33 bits per heavy atom. The van der Waals surface area contributed by atoms with Crippen molar-refractivity contribution in [3.8, 4) is 5.75 Å². The molecule has 4 nitrogen and oxygen atoms in total. The van der Waals surface area contributed by atoms with Gasteiger partial charge >= 0.3 is 0 Å². The average Bonchev–Trinajstić information content (AvgIpc) is 2.92. The first-order valence-corrected chi connectivity index (χ1v) is 10.0. The number of nitrogens with zero attached hydrogens (tertiary/aromatic N) is 1. The lowest BCUT2D eigenvalue weighted by molar-refractivity contribution is -0.148. The SMILES string of the molecule is CCCCOc1cccc(C(F)(F)C(N)C(=O)N2C3CCC2CC(C)C3)c1. The zero-order chi connectivity index (χ0) is 19.6. The van der Waals surface area contributed by atoms with Crippen LogP contribution in [0.2, 0.25) is 0 Å². The molecule has 2 bridgehead atoms. The highest BCUT2D eigenvalue weighted by molar-refractivity contribution is 5.84. The van der Waals surface area contributed by atoms with E-state index in [-0.39, 0.29) is 17.6 Å². The quantitative estimate of drug-likeness (QED) is 0.726. The van der Waals surface area contributed by atoms with Gasteiger partial charge in [0, 0.05) is 17.6 Å². The fraction of sp³-hybridized carbons (Fsp3) is 0.667. The molecule has 150 valence electrons. The molecule has 0 radical (unpaired) electrons. The van der Waals surface area contributed by atoms with Crippen LogP contribution < -0.4 is 10.5 Å². The van der Waals surface area contributed by atoms with Crippen molar-refractivity contribution in [2.24, 2.45) is 11.7 Å². The summed E-state index contributed by atoms with van der Waals surface area (Å²) in [5.41, 5.74) is 5.57. The molecule has 3 atom stereocenters. The third kappa shape index (κ3) is 4.10. The molecule has 2 heterocycles. The van der Waals surface area contributed by atoms with E-state index in [0.29, 0.717) is 18.3 Å². The summed E-state index contributed by atoms with van der Waals surface area (Å²) in [6.45, 7) is 4.67. The molecule has 3 unspecified atom stereocenters. The molecular weight excluding hydrogens is 350 g/mol. The number of fused-ring (bicyclic) bond motifs is 2. The molecule has 6 heteroatoms. The van der Waals surface area contributed by atoms with Gasteiger partial charge in [-0.05, 0) is 50.2 Å². The van der Waals surface area contributed by atoms with Crippen LogP contribution in [0.5, 0.6) is 5.75 Å². The molecule has 0 aliphatic carbocycles. The lowest BCUT2D eigenvalue weighted by Gasteiger charge is -2.40. The number of carbonyl (C=O) groups is 1. The number of piperidine rings is 1. The Labute approximate surface area is 160 Å². The number of benzene rings is 1. The van der Waals surface area contributed by atoms with Gasteiger partial charge < -0.3 is 15.4 Å². The number of unbranched alkanes of at least 4 members (excludes halogenated alkanes) is 1. The summed E-state index contributed by atoms with van der Waals surface area (Å²) in [6.07, 6.45) is 5.35. The Bertz CT molecular complexity index is 653. The number of rotatable bonds is 7. The average molecular weight is 380 g/mol. The number of carbonyl (C=O) groups excluding carboxylic acids is 1. The topological polar surface area (TPSA) is 55.6 Å². The molecule has 1 aromatic rings. The maximum Gasteiger partial charge on any atom is 0.297 e. The van der Waals surface area contributed by atoms with Gasteiger partial charge in [-0.25, -0.2) is 0 Å². The van der Waals surface area contributed by atoms with E-state index in [1.54, 1.807) is 11.0 Å². The van der Waals surface area contributed by atoms with Crippen molar-refractivity contribution in [2.45, 2.75) is 76.4 Å². The van der Waals surface area contributed by atoms with E-state index < -0.39 is 17.9 Å². The van der Waals surface area contributed by atoms with Gasteiger partial charge in [0.15, 0.2) is 6.04 Å². The minimum absolute atomic E-state index is 0.0526. The van der Waals surface area contributed by atoms with Crippen LogP contribution in [0.15, 0.2) is 24.3 Å². The van der Waals surface area contributed by atoms with Gasteiger partial charge in [-0.2, -0.15) is 8.78 Å². The largest absolute Gasteiger partial charge is 0.494 e. The Kier molecular flexibility index (Phi) is 6.04. The van der Waals surface area contributed by atoms with E-state index in [9.17, 15) is 4.79 Å². The van der Waals surface area contributed by atoms with Crippen LogP contribution >= 0.6 is 0 Å². The van der Waals surface area contributed by atoms with Crippen LogP contribution in [0.25, 0.3) is 0 Å². The maximum absolute atomic E-state index is 15.0. The molecule has 2 aliphatic rings. The smallest absolute Gasteiger partial charge is 0.297 e. The number of halogens is 2. The van der Waals surface area contributed by atoms with Crippen LogP contribution in [0.4, 0.5) is 8.78 Å². The summed E-state index contributed by atoms with van der Waals surface area (Å²) < 4.78 is 35.6. The molecule has 2 fully saturated rings. The van der Waals surface area contributed by atoms with Crippen molar-refractivity contribution in [3.63, 3.8) is 0 Å². The molecule has 0 aromatic heterocycles. The molecule has 2 aliphatic heterocycles. The number of nitrogens with two attached hydrogens (primary N) is 1. The second-order valence-electron chi connectivity index (χ2n) is 8.04. The molecule has 2 saturated heterocycles. The first-order chi connectivity index (χ1) is 12.8. The minimum atomic E-state index is -3.44. The van der Waals surface area contributed by atoms with Crippen molar-refractivity contribution in [3.05, 3.63) is 29.8 Å². The molecule has 0 spiro atoms. The van der Waals surface area contributed by atoms with Gasteiger partial charge in [-0.3, -0.25) is 4.79 Å². The van der Waals surface area contributed by atoms with Crippen molar-refractivity contribution in [2.75, 3.05) is 6.61 Å². The summed E-state index contributed by atoms with van der Waals surface area (Å²) in [6, 6.07) is 4.01. The molecule has 1 aromatic carbocycles. The van der Waals surface area contributed by atoms with Crippen molar-refractivity contribution in [1.29, 1.82) is 0 Å². The fourth-order valence-corrected chi connectivity index (χ4v) is 4.43. The molecular formula is C21H30F2N2O2. The predicted molar refractivity (Wildman–Crippen MR) is 101 cm³/mol. The lowest BCUT2D eigenvalue weighted by atomic mass is 9.91. The van der Waals surface area contributed by atoms with Crippen LogP contribution in [0, 0.1) is 5.92 Å². The highest BCUT2D eigenvalue weighted by Gasteiger charge is 2.50. The van der Waals surface area contributed by atoms with E-state index in [2.05, 4.69) is 6.92 Å². The van der Waals surface area contributed by atoms with Crippen LogP contribution in [0.1, 0.15) is 57.9 Å². The monoisotopic (exact) mass is 380 g/mol. The maximum atomic E-state index is 15.0. The molecule has 0 saturated carbocycles. The van der Waals surface area contributed by atoms with Crippen LogP contribution in [0.3, 0.4) is 0 Å². The van der Waals surface area contributed by atoms with Gasteiger partial charge in [0.25, 0.3) is 5.92 Å². The van der Waals surface area contributed by atoms with Gasteiger partial charge in [0.05, 0.1) is 6.61 Å². The fourth-order valence-electron chi connectivity index (χ4n) is 4.43.